The van der Waals surface area contributed by atoms with Crippen LogP contribution < -0.4 is 0 Å². The van der Waals surface area contributed by atoms with Gasteiger partial charge in [-0.2, -0.15) is 0 Å². The number of ether oxygens (including phenoxy) is 1. The molecule has 2 aromatic carbocycles. The van der Waals surface area contributed by atoms with E-state index in [0.29, 0.717) is 17.0 Å². The van der Waals surface area contributed by atoms with Crippen LogP contribution in [-0.4, -0.2) is 40.4 Å². The van der Waals surface area contributed by atoms with E-state index in [1.54, 1.807) is 18.2 Å². The molecule has 0 aliphatic carbocycles. The van der Waals surface area contributed by atoms with Crippen LogP contribution in [0.5, 0.6) is 0 Å². The minimum Gasteiger partial charge on any atom is -0.445 e. The Morgan fingerprint density at radius 2 is 1.61 bits per heavy atom. The summed E-state index contributed by atoms with van der Waals surface area (Å²) in [6.07, 6.45) is -0.121. The third kappa shape index (κ3) is 3.76. The van der Waals surface area contributed by atoms with Crippen molar-refractivity contribution in [3.05, 3.63) is 93.2 Å². The summed E-state index contributed by atoms with van der Waals surface area (Å²) in [5.41, 5.74) is 1.73. The highest BCUT2D eigenvalue weighted by Crippen LogP contribution is 2.35. The van der Waals surface area contributed by atoms with Gasteiger partial charge in [0.25, 0.3) is 11.8 Å². The molecule has 2 aliphatic heterocycles. The van der Waals surface area contributed by atoms with Crippen LogP contribution in [0.2, 0.25) is 0 Å². The number of carbonyl (C=O) groups excluding carboxylic acids is 4. The maximum atomic E-state index is 13.2. The average molecular weight is 462 g/mol. The van der Waals surface area contributed by atoms with E-state index in [1.807, 2.05) is 35.7 Å². The average Bonchev–Trinajstić information content (AvgIpc) is 3.42. The third-order valence-corrected chi connectivity index (χ3v) is 6.56. The van der Waals surface area contributed by atoms with Crippen molar-refractivity contribution < 1.29 is 28.8 Å². The van der Waals surface area contributed by atoms with E-state index in [9.17, 15) is 19.2 Å². The SMILES string of the molecule is O=C(ON1C(=O)c2ccccc2C1=O)C1c2ccsc2CCN1C(=O)OCc1ccccc1. The van der Waals surface area contributed by atoms with Gasteiger partial charge in [-0.25, -0.2) is 9.59 Å². The Bertz CT molecular complexity index is 1220. The van der Waals surface area contributed by atoms with Crippen LogP contribution in [0.4, 0.5) is 4.79 Å². The topological polar surface area (TPSA) is 93.2 Å². The first-order valence-corrected chi connectivity index (χ1v) is 11.2. The minimum atomic E-state index is -1.13. The predicted octanol–water partition coefficient (Wildman–Crippen LogP) is 3.74. The third-order valence-electron chi connectivity index (χ3n) is 5.57. The van der Waals surface area contributed by atoms with Crippen LogP contribution in [-0.2, 0) is 27.4 Å². The smallest absolute Gasteiger partial charge is 0.411 e. The molecule has 166 valence electrons. The Hall–Kier alpha value is -3.98. The minimum absolute atomic E-state index is 0.0485. The summed E-state index contributed by atoms with van der Waals surface area (Å²) in [5.74, 6) is -2.34. The van der Waals surface area contributed by atoms with Gasteiger partial charge in [-0.05, 0) is 41.1 Å². The van der Waals surface area contributed by atoms with Crippen molar-refractivity contribution in [3.8, 4) is 0 Å². The molecule has 0 N–H and O–H groups in total. The summed E-state index contributed by atoms with van der Waals surface area (Å²) in [4.78, 5) is 58.9. The number of benzene rings is 2. The van der Waals surface area contributed by atoms with Crippen molar-refractivity contribution in [2.45, 2.75) is 19.1 Å². The largest absolute Gasteiger partial charge is 0.445 e. The normalized spacial score (nSPS) is 16.9. The van der Waals surface area contributed by atoms with Gasteiger partial charge in [0.2, 0.25) is 0 Å². The first-order chi connectivity index (χ1) is 16.0. The van der Waals surface area contributed by atoms with Gasteiger partial charge in [-0.3, -0.25) is 14.5 Å². The Morgan fingerprint density at radius 1 is 0.939 bits per heavy atom. The van der Waals surface area contributed by atoms with E-state index in [1.165, 1.54) is 28.4 Å². The summed E-state index contributed by atoms with van der Waals surface area (Å²) < 4.78 is 5.44. The summed E-state index contributed by atoms with van der Waals surface area (Å²) in [7, 11) is 0. The molecule has 0 saturated heterocycles. The van der Waals surface area contributed by atoms with Crippen molar-refractivity contribution in [3.63, 3.8) is 0 Å². The molecule has 5 rings (SSSR count). The maximum absolute atomic E-state index is 13.2. The van der Waals surface area contributed by atoms with Gasteiger partial charge in [0.1, 0.15) is 6.61 Å². The molecule has 3 amide bonds. The van der Waals surface area contributed by atoms with Crippen LogP contribution >= 0.6 is 11.3 Å². The van der Waals surface area contributed by atoms with Crippen LogP contribution in [0.1, 0.15) is 42.8 Å². The number of hydrogen-bond donors (Lipinski definition) is 0. The number of hydrogen-bond acceptors (Lipinski definition) is 7. The standard InChI is InChI=1S/C24H18N2O6S/c27-21-16-8-4-5-9-17(16)22(28)26(21)32-23(29)20-18-11-13-33-19(18)10-12-25(20)24(30)31-14-15-6-2-1-3-7-15/h1-9,11,13,20H,10,12,14H2. The molecular formula is C24H18N2O6S. The molecule has 0 bridgehead atoms. The van der Waals surface area contributed by atoms with E-state index in [4.69, 9.17) is 9.57 Å². The lowest BCUT2D eigenvalue weighted by Gasteiger charge is -2.33. The zero-order chi connectivity index (χ0) is 22.9. The van der Waals surface area contributed by atoms with Crippen LogP contribution in [0, 0.1) is 0 Å². The molecule has 0 spiro atoms. The lowest BCUT2D eigenvalue weighted by molar-refractivity contribution is -0.175. The van der Waals surface area contributed by atoms with E-state index < -0.39 is 29.9 Å². The van der Waals surface area contributed by atoms with Crippen LogP contribution in [0.3, 0.4) is 0 Å². The number of imide groups is 1. The lowest BCUT2D eigenvalue weighted by Crippen LogP contribution is -2.46. The van der Waals surface area contributed by atoms with E-state index in [2.05, 4.69) is 0 Å². The first kappa shape index (κ1) is 20.9. The molecule has 0 radical (unpaired) electrons. The lowest BCUT2D eigenvalue weighted by atomic mass is 10.0. The number of fused-ring (bicyclic) bond motifs is 2. The number of thiophene rings is 1. The van der Waals surface area contributed by atoms with Crippen molar-refractivity contribution in [1.29, 1.82) is 0 Å². The number of hydroxylamine groups is 2. The molecule has 1 aromatic heterocycles. The number of rotatable bonds is 4. The molecule has 1 atom stereocenters. The fraction of sp³-hybridized carbons (Fsp3) is 0.167. The predicted molar refractivity (Wildman–Crippen MR) is 117 cm³/mol. The molecule has 3 heterocycles. The fourth-order valence-corrected chi connectivity index (χ4v) is 4.86. The van der Waals surface area contributed by atoms with Crippen molar-refractivity contribution in [2.24, 2.45) is 0 Å². The highest BCUT2D eigenvalue weighted by Gasteiger charge is 2.44. The summed E-state index contributed by atoms with van der Waals surface area (Å²) >= 11 is 1.47. The summed E-state index contributed by atoms with van der Waals surface area (Å²) in [6.45, 7) is 0.288. The quantitative estimate of drug-likeness (QED) is 0.549. The van der Waals surface area contributed by atoms with Crippen LogP contribution in [0.15, 0.2) is 66.0 Å². The molecule has 9 heteroatoms. The zero-order valence-corrected chi connectivity index (χ0v) is 18.1. The van der Waals surface area contributed by atoms with Gasteiger partial charge in [-0.15, -0.1) is 11.3 Å². The Labute approximate surface area is 192 Å². The van der Waals surface area contributed by atoms with Gasteiger partial charge in [0.05, 0.1) is 11.1 Å². The van der Waals surface area contributed by atoms with E-state index in [-0.39, 0.29) is 24.3 Å². The molecule has 0 fully saturated rings. The van der Waals surface area contributed by atoms with Crippen molar-refractivity contribution in [1.82, 2.24) is 9.96 Å². The van der Waals surface area contributed by atoms with Crippen molar-refractivity contribution >= 4 is 35.2 Å². The monoisotopic (exact) mass is 462 g/mol. The summed E-state index contributed by atoms with van der Waals surface area (Å²) in [6, 6.07) is 16.0. The molecule has 8 nitrogen and oxygen atoms in total. The second-order valence-electron chi connectivity index (χ2n) is 7.55. The Morgan fingerprint density at radius 3 is 2.30 bits per heavy atom. The molecule has 3 aromatic rings. The maximum Gasteiger partial charge on any atom is 0.411 e. The highest BCUT2D eigenvalue weighted by molar-refractivity contribution is 7.10. The van der Waals surface area contributed by atoms with Crippen LogP contribution in [0.25, 0.3) is 0 Å². The molecular weight excluding hydrogens is 444 g/mol. The first-order valence-electron chi connectivity index (χ1n) is 10.3. The van der Waals surface area contributed by atoms with Gasteiger partial charge in [0, 0.05) is 11.4 Å². The summed E-state index contributed by atoms with van der Waals surface area (Å²) in [5, 5.41) is 2.28. The van der Waals surface area contributed by atoms with Crippen molar-refractivity contribution in [2.75, 3.05) is 6.54 Å². The van der Waals surface area contributed by atoms with Gasteiger partial charge in [-0.1, -0.05) is 47.5 Å². The number of nitrogens with zero attached hydrogens (tertiary/aromatic N) is 2. The van der Waals surface area contributed by atoms with Gasteiger partial charge < -0.3 is 9.57 Å². The van der Waals surface area contributed by atoms with Gasteiger partial charge >= 0.3 is 12.1 Å². The highest BCUT2D eigenvalue weighted by atomic mass is 32.1. The molecule has 33 heavy (non-hydrogen) atoms. The van der Waals surface area contributed by atoms with E-state index in [0.717, 1.165) is 10.4 Å². The second kappa shape index (κ2) is 8.51. The molecule has 2 aliphatic rings. The van der Waals surface area contributed by atoms with E-state index >= 15 is 0 Å². The number of amides is 3. The van der Waals surface area contributed by atoms with Gasteiger partial charge in [0.15, 0.2) is 6.04 Å². The second-order valence-corrected chi connectivity index (χ2v) is 8.55. The number of carbonyl (C=O) groups is 4. The Kier molecular flexibility index (Phi) is 5.39. The molecule has 1 unspecified atom stereocenters. The zero-order valence-electron chi connectivity index (χ0n) is 17.3. The Balaban J connectivity index is 1.37. The fourth-order valence-electron chi connectivity index (χ4n) is 3.96. The molecule has 0 saturated carbocycles.